The van der Waals surface area contributed by atoms with Crippen LogP contribution in [0.3, 0.4) is 0 Å². The number of hydrogen-bond donors (Lipinski definition) is 3. The Hall–Kier alpha value is -2.57. The largest absolute Gasteiger partial charge is 0.357 e. The second-order valence-corrected chi connectivity index (χ2v) is 5.99. The van der Waals surface area contributed by atoms with Gasteiger partial charge in [0.25, 0.3) is 5.91 Å². The Morgan fingerprint density at radius 2 is 2.04 bits per heavy atom. The van der Waals surface area contributed by atoms with Crippen molar-refractivity contribution in [3.8, 4) is 0 Å². The Morgan fingerprint density at radius 3 is 2.65 bits per heavy atom. The number of rotatable bonds is 5. The second-order valence-electron chi connectivity index (χ2n) is 5.99. The van der Waals surface area contributed by atoms with Gasteiger partial charge in [-0.25, -0.2) is 0 Å². The Kier molecular flexibility index (Phi) is 5.20. The topological polar surface area (TPSA) is 91.8 Å². The fraction of sp³-hybridized carbons (Fsp3) is 0.438. The SMILES string of the molecule is Cc1nn(CC(C)C)c(C)c1CC(=O)NNC(=O)c1ccc[nH]1. The van der Waals surface area contributed by atoms with E-state index in [9.17, 15) is 9.59 Å². The summed E-state index contributed by atoms with van der Waals surface area (Å²) in [4.78, 5) is 26.6. The van der Waals surface area contributed by atoms with E-state index in [-0.39, 0.29) is 18.2 Å². The van der Waals surface area contributed by atoms with Gasteiger partial charge in [0, 0.05) is 24.0 Å². The number of H-pyrrole nitrogens is 1. The molecule has 124 valence electrons. The van der Waals surface area contributed by atoms with Gasteiger partial charge < -0.3 is 4.98 Å². The maximum Gasteiger partial charge on any atom is 0.286 e. The highest BCUT2D eigenvalue weighted by Gasteiger charge is 2.16. The second kappa shape index (κ2) is 7.13. The average molecular weight is 317 g/mol. The quantitative estimate of drug-likeness (QED) is 0.730. The molecule has 0 aliphatic heterocycles. The van der Waals surface area contributed by atoms with Crippen molar-refractivity contribution in [1.29, 1.82) is 0 Å². The highest BCUT2D eigenvalue weighted by molar-refractivity contribution is 5.93. The van der Waals surface area contributed by atoms with Crippen LogP contribution in [0.25, 0.3) is 0 Å². The molecule has 7 nitrogen and oxygen atoms in total. The van der Waals surface area contributed by atoms with E-state index >= 15 is 0 Å². The van der Waals surface area contributed by atoms with Crippen molar-refractivity contribution >= 4 is 11.8 Å². The number of aromatic amines is 1. The van der Waals surface area contributed by atoms with E-state index in [2.05, 4.69) is 34.8 Å². The zero-order valence-corrected chi connectivity index (χ0v) is 13.9. The minimum atomic E-state index is -0.382. The number of carbonyl (C=O) groups is 2. The standard InChI is InChI=1S/C16H23N5O2/c1-10(2)9-21-12(4)13(11(3)20-21)8-15(22)18-19-16(23)14-6-5-7-17-14/h5-7,10,17H,8-9H2,1-4H3,(H,18,22)(H,19,23). The van der Waals surface area contributed by atoms with E-state index in [1.807, 2.05) is 18.5 Å². The van der Waals surface area contributed by atoms with Gasteiger partial charge in [0.05, 0.1) is 12.1 Å². The molecule has 0 fully saturated rings. The third kappa shape index (κ3) is 4.21. The van der Waals surface area contributed by atoms with E-state index < -0.39 is 0 Å². The summed E-state index contributed by atoms with van der Waals surface area (Å²) in [6.45, 7) is 8.92. The lowest BCUT2D eigenvalue weighted by Gasteiger charge is -2.09. The molecule has 0 aliphatic rings. The number of carbonyl (C=O) groups excluding carboxylic acids is 2. The Balaban J connectivity index is 1.95. The van der Waals surface area contributed by atoms with Gasteiger partial charge in [-0.1, -0.05) is 13.8 Å². The molecule has 3 N–H and O–H groups in total. The maximum absolute atomic E-state index is 12.0. The molecule has 0 saturated carbocycles. The van der Waals surface area contributed by atoms with Gasteiger partial charge >= 0.3 is 0 Å². The van der Waals surface area contributed by atoms with Crippen LogP contribution in [-0.4, -0.2) is 26.6 Å². The van der Waals surface area contributed by atoms with Gasteiger partial charge in [-0.2, -0.15) is 5.10 Å². The summed E-state index contributed by atoms with van der Waals surface area (Å²) < 4.78 is 1.93. The van der Waals surface area contributed by atoms with Gasteiger partial charge in [-0.05, 0) is 31.9 Å². The number of amides is 2. The van der Waals surface area contributed by atoms with E-state index in [1.54, 1.807) is 18.3 Å². The molecule has 0 saturated heterocycles. The third-order valence-corrected chi connectivity index (χ3v) is 3.56. The molecule has 0 radical (unpaired) electrons. The van der Waals surface area contributed by atoms with Crippen LogP contribution in [0.4, 0.5) is 0 Å². The summed E-state index contributed by atoms with van der Waals surface area (Å²) in [6, 6.07) is 3.35. The highest BCUT2D eigenvalue weighted by atomic mass is 16.2. The maximum atomic E-state index is 12.0. The van der Waals surface area contributed by atoms with Crippen LogP contribution in [0.2, 0.25) is 0 Å². The van der Waals surface area contributed by atoms with Crippen LogP contribution >= 0.6 is 0 Å². The highest BCUT2D eigenvalue weighted by Crippen LogP contribution is 2.15. The van der Waals surface area contributed by atoms with Gasteiger partial charge in [-0.15, -0.1) is 0 Å². The molecule has 2 aromatic heterocycles. The third-order valence-electron chi connectivity index (χ3n) is 3.56. The van der Waals surface area contributed by atoms with Crippen molar-refractivity contribution in [1.82, 2.24) is 25.6 Å². The first-order chi connectivity index (χ1) is 10.9. The zero-order valence-electron chi connectivity index (χ0n) is 13.9. The fourth-order valence-electron chi connectivity index (χ4n) is 2.38. The van der Waals surface area contributed by atoms with Crippen LogP contribution in [0.15, 0.2) is 18.3 Å². The molecule has 2 aromatic rings. The summed E-state index contributed by atoms with van der Waals surface area (Å²) in [7, 11) is 0. The normalized spacial score (nSPS) is 10.8. The monoisotopic (exact) mass is 317 g/mol. The van der Waals surface area contributed by atoms with Crippen molar-refractivity contribution in [2.45, 2.75) is 40.7 Å². The summed E-state index contributed by atoms with van der Waals surface area (Å²) in [5.41, 5.74) is 7.94. The lowest BCUT2D eigenvalue weighted by molar-refractivity contribution is -0.121. The van der Waals surface area contributed by atoms with Gasteiger partial charge in [0.15, 0.2) is 0 Å². The predicted molar refractivity (Wildman–Crippen MR) is 86.6 cm³/mol. The summed E-state index contributed by atoms with van der Waals surface area (Å²) in [5, 5.41) is 4.48. The predicted octanol–water partition coefficient (Wildman–Crippen LogP) is 1.49. The van der Waals surface area contributed by atoms with E-state index in [0.717, 1.165) is 23.5 Å². The number of hydrogen-bond acceptors (Lipinski definition) is 3. The van der Waals surface area contributed by atoms with Gasteiger partial charge in [0.1, 0.15) is 5.69 Å². The number of hydrazine groups is 1. The molecule has 7 heteroatoms. The lowest BCUT2D eigenvalue weighted by atomic mass is 10.1. The molecule has 0 unspecified atom stereocenters. The van der Waals surface area contributed by atoms with Crippen LogP contribution in [0, 0.1) is 19.8 Å². The first kappa shape index (κ1) is 16.8. The molecule has 0 atom stereocenters. The van der Waals surface area contributed by atoms with E-state index in [0.29, 0.717) is 11.6 Å². The Labute approximate surface area is 135 Å². The molecular formula is C16H23N5O2. The molecule has 2 heterocycles. The summed E-state index contributed by atoms with van der Waals surface area (Å²) in [6.07, 6.45) is 1.83. The van der Waals surface area contributed by atoms with E-state index in [4.69, 9.17) is 0 Å². The molecule has 0 spiro atoms. The molecule has 0 bridgehead atoms. The van der Waals surface area contributed by atoms with Gasteiger partial charge in [0.2, 0.25) is 5.91 Å². The fourth-order valence-corrected chi connectivity index (χ4v) is 2.38. The Bertz CT molecular complexity index is 686. The minimum absolute atomic E-state index is 0.181. The first-order valence-corrected chi connectivity index (χ1v) is 7.64. The molecule has 0 aliphatic carbocycles. The average Bonchev–Trinajstić information content (AvgIpc) is 3.09. The van der Waals surface area contributed by atoms with Gasteiger partial charge in [-0.3, -0.25) is 25.1 Å². The Morgan fingerprint density at radius 1 is 1.30 bits per heavy atom. The number of aromatic nitrogens is 3. The number of nitrogens with one attached hydrogen (secondary N) is 3. The van der Waals surface area contributed by atoms with Crippen LogP contribution in [-0.2, 0) is 17.8 Å². The van der Waals surface area contributed by atoms with Crippen molar-refractivity contribution in [3.63, 3.8) is 0 Å². The summed E-state index contributed by atoms with van der Waals surface area (Å²) in [5.74, 6) is -0.178. The van der Waals surface area contributed by atoms with Crippen LogP contribution in [0.1, 0.15) is 41.3 Å². The first-order valence-electron chi connectivity index (χ1n) is 7.64. The lowest BCUT2D eigenvalue weighted by Crippen LogP contribution is -2.42. The summed E-state index contributed by atoms with van der Waals surface area (Å²) >= 11 is 0. The van der Waals surface area contributed by atoms with E-state index in [1.165, 1.54) is 0 Å². The minimum Gasteiger partial charge on any atom is -0.357 e. The molecule has 0 aromatic carbocycles. The van der Waals surface area contributed by atoms with Crippen LogP contribution in [0.5, 0.6) is 0 Å². The molecule has 2 amide bonds. The number of aryl methyl sites for hydroxylation is 1. The van der Waals surface area contributed by atoms with Crippen molar-refractivity contribution in [3.05, 3.63) is 41.0 Å². The van der Waals surface area contributed by atoms with Crippen molar-refractivity contribution in [2.75, 3.05) is 0 Å². The van der Waals surface area contributed by atoms with Crippen LogP contribution < -0.4 is 10.9 Å². The van der Waals surface area contributed by atoms with Crippen molar-refractivity contribution in [2.24, 2.45) is 5.92 Å². The van der Waals surface area contributed by atoms with Crippen molar-refractivity contribution < 1.29 is 9.59 Å². The molecule has 23 heavy (non-hydrogen) atoms. The molecule has 2 rings (SSSR count). The smallest absolute Gasteiger partial charge is 0.286 e. The zero-order chi connectivity index (χ0) is 17.0. The molecular weight excluding hydrogens is 294 g/mol. The number of nitrogens with zero attached hydrogens (tertiary/aromatic N) is 2.